The number of nitrogens with zero attached hydrogens (tertiary/aromatic N) is 5. The molecule has 4 fully saturated rings. The van der Waals surface area contributed by atoms with Gasteiger partial charge in [-0.15, -0.1) is 10.2 Å². The Bertz CT molecular complexity index is 1920. The number of ether oxygens (including phenoxy) is 1. The van der Waals surface area contributed by atoms with Gasteiger partial charge in [0.15, 0.2) is 11.6 Å². The molecule has 12 heteroatoms. The molecule has 300 valence electrons. The summed E-state index contributed by atoms with van der Waals surface area (Å²) in [7, 11) is 0. The van der Waals surface area contributed by atoms with Crippen LogP contribution in [0.15, 0.2) is 23.5 Å². The van der Waals surface area contributed by atoms with Crippen molar-refractivity contribution in [3.63, 3.8) is 0 Å². The number of rotatable bonds is 9. The molecule has 0 bridgehead atoms. The molecular weight excluding hydrogens is 716 g/mol. The van der Waals surface area contributed by atoms with E-state index in [4.69, 9.17) is 27.2 Å². The highest BCUT2D eigenvalue weighted by Crippen LogP contribution is 2.76. The number of hydrogen-bond donors (Lipinski definition) is 2. The Morgan fingerprint density at radius 1 is 0.982 bits per heavy atom. The molecule has 7 rings (SSSR count). The number of aromatic nitrogens is 5. The van der Waals surface area contributed by atoms with Gasteiger partial charge >= 0.3 is 11.9 Å². The van der Waals surface area contributed by atoms with Crippen LogP contribution >= 0.6 is 11.6 Å². The van der Waals surface area contributed by atoms with E-state index in [1.807, 2.05) is 0 Å². The van der Waals surface area contributed by atoms with Gasteiger partial charge in [0.2, 0.25) is 5.82 Å². The Morgan fingerprint density at radius 3 is 2.31 bits per heavy atom. The lowest BCUT2D eigenvalue weighted by atomic mass is 9.33. The summed E-state index contributed by atoms with van der Waals surface area (Å²) in [6.07, 6.45) is 10.8. The maximum atomic E-state index is 14.4. The van der Waals surface area contributed by atoms with E-state index in [0.717, 1.165) is 62.8 Å². The molecule has 0 aliphatic heterocycles. The van der Waals surface area contributed by atoms with Gasteiger partial charge in [0.1, 0.15) is 11.9 Å². The van der Waals surface area contributed by atoms with Crippen LogP contribution in [0.2, 0.25) is 5.02 Å². The fraction of sp³-hybridized carbons (Fsp3) is 0.744. The normalized spacial score (nSPS) is 35.5. The van der Waals surface area contributed by atoms with Gasteiger partial charge in [-0.25, -0.2) is 9.97 Å². The van der Waals surface area contributed by atoms with Crippen LogP contribution in [-0.2, 0) is 31.1 Å². The molecule has 0 spiro atoms. The summed E-state index contributed by atoms with van der Waals surface area (Å²) in [5, 5.41) is 19.7. The van der Waals surface area contributed by atoms with Crippen LogP contribution in [0.3, 0.4) is 0 Å². The highest BCUT2D eigenvalue weighted by molar-refractivity contribution is 6.30. The number of ketones is 1. The van der Waals surface area contributed by atoms with Crippen molar-refractivity contribution in [2.24, 2.45) is 56.5 Å². The van der Waals surface area contributed by atoms with Crippen LogP contribution in [0, 0.1) is 50.7 Å². The number of Topliss-reactive ketones (excluding diaryl/α,β-unsaturated/α-hetero) is 1. The van der Waals surface area contributed by atoms with E-state index in [-0.39, 0.29) is 51.8 Å². The number of carbonyl (C=O) groups excluding carboxylic acids is 2. The summed E-state index contributed by atoms with van der Waals surface area (Å²) in [6, 6.07) is 0. The third kappa shape index (κ3) is 5.86. The van der Waals surface area contributed by atoms with Crippen molar-refractivity contribution in [1.29, 1.82) is 0 Å². The highest BCUT2D eigenvalue weighted by Gasteiger charge is 2.71. The summed E-state index contributed by atoms with van der Waals surface area (Å²) < 4.78 is 8.25. The van der Waals surface area contributed by atoms with Gasteiger partial charge in [-0.1, -0.05) is 60.1 Å². The average Bonchev–Trinajstić information content (AvgIpc) is 3.65. The minimum atomic E-state index is -1.18. The zero-order valence-corrected chi connectivity index (χ0v) is 35.1. The minimum absolute atomic E-state index is 0.0202. The van der Waals surface area contributed by atoms with Crippen molar-refractivity contribution in [2.45, 2.75) is 145 Å². The lowest BCUT2D eigenvalue weighted by molar-refractivity contribution is -0.232. The molecule has 0 aromatic carbocycles. The molecule has 11 nitrogen and oxygen atoms in total. The maximum absolute atomic E-state index is 14.4. The highest BCUT2D eigenvalue weighted by atomic mass is 35.5. The van der Waals surface area contributed by atoms with Crippen LogP contribution in [0.4, 0.5) is 0 Å². The summed E-state index contributed by atoms with van der Waals surface area (Å²) in [5.74, 6) is 1.69. The lowest BCUT2D eigenvalue weighted by Crippen LogP contribution is -2.66. The van der Waals surface area contributed by atoms with E-state index in [2.05, 4.69) is 68.1 Å². The Hall–Kier alpha value is -3.18. The number of esters is 1. The van der Waals surface area contributed by atoms with Crippen LogP contribution in [0.1, 0.15) is 132 Å². The first-order valence-electron chi connectivity index (χ1n) is 20.5. The van der Waals surface area contributed by atoms with E-state index < -0.39 is 22.8 Å². The van der Waals surface area contributed by atoms with Crippen molar-refractivity contribution in [3.8, 4) is 11.6 Å². The largest absolute Gasteiger partial charge is 0.481 e. The van der Waals surface area contributed by atoms with E-state index in [1.165, 1.54) is 5.57 Å². The number of carboxylic acid groups (broad SMARTS) is 1. The minimum Gasteiger partial charge on any atom is -0.481 e. The summed E-state index contributed by atoms with van der Waals surface area (Å²) in [4.78, 5) is 48.3. The Labute approximate surface area is 331 Å². The predicted molar refractivity (Wildman–Crippen MR) is 210 cm³/mol. The summed E-state index contributed by atoms with van der Waals surface area (Å²) in [5.41, 5.74) is 6.51. The number of carboxylic acids is 1. The van der Waals surface area contributed by atoms with Crippen molar-refractivity contribution >= 4 is 29.3 Å². The number of fused-ring (bicyclic) bond motifs is 7. The molecule has 8 atom stereocenters. The zero-order valence-electron chi connectivity index (χ0n) is 34.3. The molecule has 4 saturated carbocycles. The second kappa shape index (κ2) is 13.5. The fourth-order valence-electron chi connectivity index (χ4n) is 13.3. The maximum Gasteiger partial charge on any atom is 0.309 e. The number of halogens is 1. The Morgan fingerprint density at radius 2 is 1.67 bits per heavy atom. The molecular formula is C43H61ClN6O5. The van der Waals surface area contributed by atoms with E-state index in [1.54, 1.807) is 26.2 Å². The van der Waals surface area contributed by atoms with E-state index in [9.17, 15) is 19.5 Å². The first-order chi connectivity index (χ1) is 25.7. The van der Waals surface area contributed by atoms with E-state index >= 15 is 0 Å². The van der Waals surface area contributed by atoms with Gasteiger partial charge < -0.3 is 20.1 Å². The molecule has 2 aromatic rings. The van der Waals surface area contributed by atoms with Gasteiger partial charge in [-0.05, 0) is 116 Å². The molecule has 2 heterocycles. The van der Waals surface area contributed by atoms with Gasteiger partial charge in [0.05, 0.1) is 22.3 Å². The first-order valence-corrected chi connectivity index (χ1v) is 20.9. The smallest absolute Gasteiger partial charge is 0.309 e. The molecule has 5 aliphatic rings. The molecule has 0 saturated heterocycles. The van der Waals surface area contributed by atoms with Gasteiger partial charge in [-0.3, -0.25) is 14.4 Å². The van der Waals surface area contributed by atoms with Gasteiger partial charge in [0, 0.05) is 37.3 Å². The number of carbonyl (C=O) groups is 3. The van der Waals surface area contributed by atoms with Crippen LogP contribution < -0.4 is 5.73 Å². The third-order valence-electron chi connectivity index (χ3n) is 16.2. The summed E-state index contributed by atoms with van der Waals surface area (Å²) >= 11 is 6.15. The van der Waals surface area contributed by atoms with Crippen LogP contribution in [0.25, 0.3) is 11.6 Å². The average molecular weight is 777 g/mol. The van der Waals surface area contributed by atoms with Crippen LogP contribution in [0.5, 0.6) is 0 Å². The Kier molecular flexibility index (Phi) is 9.79. The monoisotopic (exact) mass is 776 g/mol. The zero-order chi connectivity index (χ0) is 40.1. The first kappa shape index (κ1) is 40.0. The number of nitrogens with two attached hydrogens (primary N) is 1. The molecule has 5 aliphatic carbocycles. The second-order valence-electron chi connectivity index (χ2n) is 20.0. The number of aliphatic carboxylic acids is 1. The van der Waals surface area contributed by atoms with Gasteiger partial charge in [0.25, 0.3) is 0 Å². The second-order valence-corrected chi connectivity index (χ2v) is 20.4. The topological polar surface area (TPSA) is 163 Å². The van der Waals surface area contributed by atoms with Crippen molar-refractivity contribution in [1.82, 2.24) is 24.7 Å². The fourth-order valence-corrected chi connectivity index (χ4v) is 13.4. The number of hydrogen-bond acceptors (Lipinski definition) is 9. The van der Waals surface area contributed by atoms with Crippen molar-refractivity contribution in [2.75, 3.05) is 6.54 Å². The van der Waals surface area contributed by atoms with Crippen molar-refractivity contribution < 1.29 is 24.2 Å². The number of allylic oxidation sites excluding steroid dienone is 2. The quantitative estimate of drug-likeness (QED) is 0.239. The molecule has 2 aromatic heterocycles. The summed E-state index contributed by atoms with van der Waals surface area (Å²) in [6.45, 7) is 20.5. The third-order valence-corrected chi connectivity index (χ3v) is 16.4. The molecule has 0 amide bonds. The molecule has 55 heavy (non-hydrogen) atoms. The molecule has 3 N–H and O–H groups in total. The lowest BCUT2D eigenvalue weighted by Gasteiger charge is -2.72. The molecule has 0 radical (unpaired) electrons. The standard InChI is InChI=1S/C43H61ClN6O5/c1-24(2)32-27(51)20-43(36-49-48-35(50(36)19-18-45)34-46-22-25(44)23-47-34)17-16-41(8)26(33(32)43)10-11-29-40(7)14-13-30(55-31(52)21-38(3,4)37(53)54)39(5,6)28(40)12-15-42(29,41)9/h22-24,26,28-30H,10-21,45H2,1-9H3,(H,53,54)/t26?,28-,29+,30-,40-,41+,42+,43+/m0/s1. The molecule has 1 unspecified atom stereocenters. The van der Waals surface area contributed by atoms with E-state index in [0.29, 0.717) is 48.0 Å². The Balaban J connectivity index is 1.24. The van der Waals surface area contributed by atoms with Gasteiger partial charge in [-0.2, -0.15) is 0 Å². The van der Waals surface area contributed by atoms with Crippen LogP contribution in [-0.4, -0.2) is 60.2 Å². The van der Waals surface area contributed by atoms with Crippen molar-refractivity contribution in [3.05, 3.63) is 34.4 Å². The predicted octanol–water partition coefficient (Wildman–Crippen LogP) is 7.99. The SMILES string of the molecule is CC(C)C1=C2C3CC[C@@H]4[C@@]5(C)CC[C@H](OC(=O)CC(C)(C)C(=O)O)C(C)(C)[C@@H]5CC[C@@]4(C)[C@]3(C)CC[C@@]2(c2nnc(-c3ncc(Cl)cn3)n2CCN)CC1=O.